The molecule has 18 heavy (non-hydrogen) atoms. The number of aromatic carboxylic acids is 1. The summed E-state index contributed by atoms with van der Waals surface area (Å²) in [5.74, 6) is -0.928. The van der Waals surface area contributed by atoms with Gasteiger partial charge in [-0.25, -0.2) is 4.79 Å². The lowest BCUT2D eigenvalue weighted by atomic mass is 9.69. The van der Waals surface area contributed by atoms with Gasteiger partial charge in [0, 0.05) is 5.41 Å². The molecule has 0 fully saturated rings. The molecule has 0 heterocycles. The molecule has 0 bridgehead atoms. The number of benzene rings is 1. The maximum absolute atomic E-state index is 10.8. The third kappa shape index (κ3) is 2.37. The SMILES string of the molecule is C=CCC1(c2c[c]c(C(=O)O)cc2)CC=CCC1. The van der Waals surface area contributed by atoms with Crippen LogP contribution in [0.15, 0.2) is 43.0 Å². The first-order valence-corrected chi connectivity index (χ1v) is 6.19. The molecule has 1 aliphatic rings. The van der Waals surface area contributed by atoms with Gasteiger partial charge in [0.2, 0.25) is 0 Å². The first-order valence-electron chi connectivity index (χ1n) is 6.19. The Morgan fingerprint density at radius 2 is 2.33 bits per heavy atom. The van der Waals surface area contributed by atoms with Crippen molar-refractivity contribution in [1.29, 1.82) is 0 Å². The second-order valence-electron chi connectivity index (χ2n) is 4.78. The molecule has 0 aromatic heterocycles. The van der Waals surface area contributed by atoms with Gasteiger partial charge in [0.05, 0.1) is 5.56 Å². The van der Waals surface area contributed by atoms with Crippen molar-refractivity contribution in [2.45, 2.75) is 31.1 Å². The minimum Gasteiger partial charge on any atom is -0.478 e. The average molecular weight is 241 g/mol. The normalized spacial score (nSPS) is 22.7. The molecule has 1 N–H and O–H groups in total. The fraction of sp³-hybridized carbons (Fsp3) is 0.312. The lowest BCUT2D eigenvalue weighted by molar-refractivity contribution is 0.0696. The quantitative estimate of drug-likeness (QED) is 0.815. The molecule has 0 saturated carbocycles. The van der Waals surface area contributed by atoms with Crippen molar-refractivity contribution in [2.24, 2.45) is 0 Å². The predicted octanol–water partition coefficient (Wildman–Crippen LogP) is 3.74. The van der Waals surface area contributed by atoms with Crippen molar-refractivity contribution in [3.63, 3.8) is 0 Å². The Balaban J connectivity index is 2.33. The van der Waals surface area contributed by atoms with Crippen LogP contribution in [0.2, 0.25) is 0 Å². The highest BCUT2D eigenvalue weighted by atomic mass is 16.4. The van der Waals surface area contributed by atoms with Crippen LogP contribution in [-0.2, 0) is 5.41 Å². The van der Waals surface area contributed by atoms with Crippen LogP contribution in [0.5, 0.6) is 0 Å². The molecule has 2 heteroatoms. The third-order valence-corrected chi connectivity index (χ3v) is 3.66. The van der Waals surface area contributed by atoms with E-state index in [-0.39, 0.29) is 11.0 Å². The van der Waals surface area contributed by atoms with Gasteiger partial charge >= 0.3 is 5.97 Å². The van der Waals surface area contributed by atoms with Gasteiger partial charge in [-0.1, -0.05) is 24.3 Å². The Morgan fingerprint density at radius 3 is 2.83 bits per heavy atom. The summed E-state index contributed by atoms with van der Waals surface area (Å²) >= 11 is 0. The molecular weight excluding hydrogens is 224 g/mol. The highest BCUT2D eigenvalue weighted by molar-refractivity contribution is 5.87. The molecule has 1 radical (unpaired) electrons. The van der Waals surface area contributed by atoms with E-state index in [0.717, 1.165) is 31.2 Å². The third-order valence-electron chi connectivity index (χ3n) is 3.66. The summed E-state index contributed by atoms with van der Waals surface area (Å²) in [7, 11) is 0. The highest BCUT2D eigenvalue weighted by Gasteiger charge is 2.30. The summed E-state index contributed by atoms with van der Waals surface area (Å²) in [6, 6.07) is 8.24. The first-order chi connectivity index (χ1) is 8.68. The molecule has 1 aliphatic carbocycles. The monoisotopic (exact) mass is 241 g/mol. The Hall–Kier alpha value is -1.83. The molecule has 1 unspecified atom stereocenters. The lowest BCUT2D eigenvalue weighted by Crippen LogP contribution is -2.26. The largest absolute Gasteiger partial charge is 0.478 e. The van der Waals surface area contributed by atoms with Crippen molar-refractivity contribution in [3.05, 3.63) is 60.2 Å². The van der Waals surface area contributed by atoms with E-state index in [1.54, 1.807) is 6.07 Å². The Labute approximate surface area is 108 Å². The Morgan fingerprint density at radius 1 is 1.50 bits per heavy atom. The summed E-state index contributed by atoms with van der Waals surface area (Å²) in [5, 5.41) is 8.90. The summed E-state index contributed by atoms with van der Waals surface area (Å²) in [6.07, 6.45) is 10.4. The lowest BCUT2D eigenvalue weighted by Gasteiger charge is -2.34. The van der Waals surface area contributed by atoms with Gasteiger partial charge < -0.3 is 5.11 Å². The summed E-state index contributed by atoms with van der Waals surface area (Å²) in [5.41, 5.74) is 1.46. The van der Waals surface area contributed by atoms with Crippen LogP contribution < -0.4 is 0 Å². The van der Waals surface area contributed by atoms with Crippen LogP contribution in [-0.4, -0.2) is 11.1 Å². The second kappa shape index (κ2) is 5.21. The van der Waals surface area contributed by atoms with Crippen LogP contribution in [0, 0.1) is 6.07 Å². The zero-order chi connectivity index (χ0) is 13.0. The van der Waals surface area contributed by atoms with E-state index in [1.165, 1.54) is 0 Å². The predicted molar refractivity (Wildman–Crippen MR) is 71.7 cm³/mol. The van der Waals surface area contributed by atoms with E-state index in [9.17, 15) is 4.79 Å². The van der Waals surface area contributed by atoms with Gasteiger partial charge in [-0.2, -0.15) is 0 Å². The zero-order valence-corrected chi connectivity index (χ0v) is 10.4. The standard InChI is InChI=1S/C16H17O2/c1-2-10-16(11-4-3-5-12-16)14-8-6-13(7-9-14)15(17)18/h2-4,6,8-9H,1,5,10-12H2,(H,17,18). The number of carboxylic acid groups (broad SMARTS) is 1. The van der Waals surface area contributed by atoms with Crippen molar-refractivity contribution in [1.82, 2.24) is 0 Å². The number of carboxylic acids is 1. The molecule has 1 aromatic rings. The van der Waals surface area contributed by atoms with Gasteiger partial charge in [0.15, 0.2) is 0 Å². The fourth-order valence-electron chi connectivity index (χ4n) is 2.62. The molecule has 1 atom stereocenters. The van der Waals surface area contributed by atoms with E-state index in [4.69, 9.17) is 5.11 Å². The van der Waals surface area contributed by atoms with Crippen LogP contribution in [0.1, 0.15) is 41.6 Å². The molecule has 2 rings (SSSR count). The van der Waals surface area contributed by atoms with Crippen molar-refractivity contribution in [3.8, 4) is 0 Å². The van der Waals surface area contributed by atoms with E-state index in [1.807, 2.05) is 18.2 Å². The van der Waals surface area contributed by atoms with E-state index in [0.29, 0.717) is 0 Å². The minimum absolute atomic E-state index is 0.0734. The molecule has 0 saturated heterocycles. The number of hydrogen-bond donors (Lipinski definition) is 1. The van der Waals surface area contributed by atoms with Gasteiger partial charge in [0.25, 0.3) is 0 Å². The fourth-order valence-corrected chi connectivity index (χ4v) is 2.62. The molecule has 1 aromatic carbocycles. The van der Waals surface area contributed by atoms with Gasteiger partial charge in [-0.05, 0) is 49.4 Å². The van der Waals surface area contributed by atoms with Crippen LogP contribution >= 0.6 is 0 Å². The zero-order valence-electron chi connectivity index (χ0n) is 10.4. The van der Waals surface area contributed by atoms with E-state index in [2.05, 4.69) is 24.8 Å². The van der Waals surface area contributed by atoms with E-state index >= 15 is 0 Å². The topological polar surface area (TPSA) is 37.3 Å². The van der Waals surface area contributed by atoms with Gasteiger partial charge in [-0.3, -0.25) is 0 Å². The molecule has 2 nitrogen and oxygen atoms in total. The molecule has 0 spiro atoms. The number of allylic oxidation sites excluding steroid dienone is 3. The number of hydrogen-bond acceptors (Lipinski definition) is 1. The van der Waals surface area contributed by atoms with Crippen LogP contribution in [0.25, 0.3) is 0 Å². The number of rotatable bonds is 4. The van der Waals surface area contributed by atoms with Crippen molar-refractivity contribution < 1.29 is 9.90 Å². The average Bonchev–Trinajstić information content (AvgIpc) is 2.40. The molecular formula is C16H17O2. The highest BCUT2D eigenvalue weighted by Crippen LogP contribution is 2.39. The number of carbonyl (C=O) groups is 1. The summed E-state index contributed by atoms with van der Waals surface area (Å²) in [6.45, 7) is 3.84. The summed E-state index contributed by atoms with van der Waals surface area (Å²) < 4.78 is 0. The molecule has 0 aliphatic heterocycles. The van der Waals surface area contributed by atoms with Crippen molar-refractivity contribution in [2.75, 3.05) is 0 Å². The second-order valence-corrected chi connectivity index (χ2v) is 4.78. The maximum atomic E-state index is 10.8. The minimum atomic E-state index is -0.928. The van der Waals surface area contributed by atoms with Gasteiger partial charge in [0.1, 0.15) is 0 Å². The van der Waals surface area contributed by atoms with E-state index < -0.39 is 5.97 Å². The molecule has 93 valence electrons. The molecule has 0 amide bonds. The maximum Gasteiger partial charge on any atom is 0.336 e. The van der Waals surface area contributed by atoms with Crippen LogP contribution in [0.3, 0.4) is 0 Å². The van der Waals surface area contributed by atoms with Crippen molar-refractivity contribution >= 4 is 5.97 Å². The summed E-state index contributed by atoms with van der Waals surface area (Å²) in [4.78, 5) is 10.8. The smallest absolute Gasteiger partial charge is 0.336 e. The Bertz CT molecular complexity index is 470. The first kappa shape index (κ1) is 12.6. The van der Waals surface area contributed by atoms with Gasteiger partial charge in [-0.15, -0.1) is 6.58 Å². The van der Waals surface area contributed by atoms with Crippen LogP contribution in [0.4, 0.5) is 0 Å². The Kier molecular flexibility index (Phi) is 3.66.